The number of aromatic amines is 1. The number of carbonyl (C=O) groups excluding carboxylic acids is 1. The van der Waals surface area contributed by atoms with Crippen LogP contribution >= 0.6 is 0 Å². The molecule has 6 heteroatoms. The van der Waals surface area contributed by atoms with Crippen LogP contribution in [0.15, 0.2) is 24.3 Å². The van der Waals surface area contributed by atoms with E-state index in [1.165, 1.54) is 22.2 Å². The number of benzene rings is 1. The fourth-order valence-corrected chi connectivity index (χ4v) is 4.94. The Morgan fingerprint density at radius 2 is 1.89 bits per heavy atom. The molecule has 3 N–H and O–H groups in total. The smallest absolute Gasteiger partial charge is 0.303 e. The zero-order valence-electron chi connectivity index (χ0n) is 16.7. The predicted molar refractivity (Wildman–Crippen MR) is 108 cm³/mol. The molecule has 1 amide bonds. The number of H-pyrrole nitrogens is 1. The van der Waals surface area contributed by atoms with Gasteiger partial charge in [-0.25, -0.2) is 0 Å². The summed E-state index contributed by atoms with van der Waals surface area (Å²) in [4.78, 5) is 29.3. The van der Waals surface area contributed by atoms with Crippen molar-refractivity contribution in [3.63, 3.8) is 0 Å². The van der Waals surface area contributed by atoms with Crippen molar-refractivity contribution < 1.29 is 14.7 Å². The van der Waals surface area contributed by atoms with E-state index in [1.54, 1.807) is 0 Å². The summed E-state index contributed by atoms with van der Waals surface area (Å²) in [5.74, 6) is -0.790. The average molecular weight is 383 g/mol. The van der Waals surface area contributed by atoms with Crippen LogP contribution in [0.5, 0.6) is 0 Å². The first kappa shape index (κ1) is 19.0. The molecule has 1 fully saturated rings. The van der Waals surface area contributed by atoms with Crippen LogP contribution < -0.4 is 5.32 Å². The lowest BCUT2D eigenvalue weighted by Gasteiger charge is -2.45. The van der Waals surface area contributed by atoms with E-state index in [9.17, 15) is 9.59 Å². The number of hydrogen-bond donors (Lipinski definition) is 3. The molecule has 1 spiro atoms. The van der Waals surface area contributed by atoms with E-state index in [0.29, 0.717) is 13.1 Å². The Labute approximate surface area is 165 Å². The summed E-state index contributed by atoms with van der Waals surface area (Å²) in [6, 6.07) is 8.47. The quantitative estimate of drug-likeness (QED) is 0.758. The van der Waals surface area contributed by atoms with Crippen LogP contribution in [-0.4, -0.2) is 46.5 Å². The highest BCUT2D eigenvalue weighted by Crippen LogP contribution is 2.40. The first-order valence-corrected chi connectivity index (χ1v) is 10.1. The minimum atomic E-state index is -0.854. The van der Waals surface area contributed by atoms with Gasteiger partial charge in [0.2, 0.25) is 5.91 Å². The highest BCUT2D eigenvalue weighted by Gasteiger charge is 2.42. The zero-order valence-corrected chi connectivity index (χ0v) is 16.7. The van der Waals surface area contributed by atoms with Gasteiger partial charge in [0, 0.05) is 42.7 Å². The van der Waals surface area contributed by atoms with E-state index in [4.69, 9.17) is 5.11 Å². The number of nitrogens with one attached hydrogen (secondary N) is 2. The topological polar surface area (TPSA) is 85.4 Å². The molecule has 28 heavy (non-hydrogen) atoms. The molecule has 2 aliphatic heterocycles. The minimum absolute atomic E-state index is 0.0104. The molecule has 0 radical (unpaired) electrons. The molecule has 0 aliphatic carbocycles. The number of para-hydroxylation sites is 1. The largest absolute Gasteiger partial charge is 0.481 e. The van der Waals surface area contributed by atoms with Crippen LogP contribution in [0.4, 0.5) is 0 Å². The third kappa shape index (κ3) is 3.41. The number of aliphatic carboxylic acids is 1. The number of carboxylic acid groups (broad SMARTS) is 1. The maximum Gasteiger partial charge on any atom is 0.303 e. The summed E-state index contributed by atoms with van der Waals surface area (Å²) < 4.78 is 0. The summed E-state index contributed by atoms with van der Waals surface area (Å²) in [7, 11) is 0. The van der Waals surface area contributed by atoms with Crippen LogP contribution in [0.1, 0.15) is 50.8 Å². The molecular weight excluding hydrogens is 354 g/mol. The maximum absolute atomic E-state index is 12.8. The summed E-state index contributed by atoms with van der Waals surface area (Å²) in [6.07, 6.45) is 3.05. The Bertz CT molecular complexity index is 907. The number of carboxylic acids is 1. The van der Waals surface area contributed by atoms with Crippen LogP contribution in [0.3, 0.4) is 0 Å². The number of nitrogens with zero attached hydrogens (tertiary/aromatic N) is 1. The molecule has 0 bridgehead atoms. The molecule has 1 aromatic carbocycles. The van der Waals surface area contributed by atoms with E-state index < -0.39 is 11.4 Å². The number of fused-ring (bicyclic) bond motifs is 4. The van der Waals surface area contributed by atoms with Crippen molar-refractivity contribution in [2.24, 2.45) is 5.41 Å². The van der Waals surface area contributed by atoms with Gasteiger partial charge in [-0.1, -0.05) is 32.0 Å². The lowest BCUT2D eigenvalue weighted by molar-refractivity contribution is -0.141. The normalized spacial score (nSPS) is 19.0. The van der Waals surface area contributed by atoms with E-state index in [0.717, 1.165) is 25.8 Å². The van der Waals surface area contributed by atoms with Crippen molar-refractivity contribution in [3.8, 4) is 0 Å². The molecule has 1 saturated heterocycles. The van der Waals surface area contributed by atoms with Crippen LogP contribution in [0, 0.1) is 5.41 Å². The average Bonchev–Trinajstić information content (AvgIpc) is 3.01. The highest BCUT2D eigenvalue weighted by atomic mass is 16.4. The third-order valence-corrected chi connectivity index (χ3v) is 6.36. The second-order valence-electron chi connectivity index (χ2n) is 9.08. The van der Waals surface area contributed by atoms with Gasteiger partial charge in [-0.3, -0.25) is 9.59 Å². The number of hydrogen-bond acceptors (Lipinski definition) is 3. The third-order valence-electron chi connectivity index (χ3n) is 6.36. The SMILES string of the molecule is CC(C)(CC(=O)O)CC(=O)N1CCC2(CC1)NCCc1c2[nH]c2ccccc12. The second kappa shape index (κ2) is 6.92. The van der Waals surface area contributed by atoms with Gasteiger partial charge in [-0.15, -0.1) is 0 Å². The Balaban J connectivity index is 1.49. The molecule has 0 atom stereocenters. The molecule has 4 rings (SSSR count). The summed E-state index contributed by atoms with van der Waals surface area (Å²) in [5.41, 5.74) is 3.27. The molecule has 6 nitrogen and oxygen atoms in total. The molecular formula is C22H29N3O3. The second-order valence-corrected chi connectivity index (χ2v) is 9.08. The van der Waals surface area contributed by atoms with Gasteiger partial charge in [0.15, 0.2) is 0 Å². The van der Waals surface area contributed by atoms with Crippen molar-refractivity contribution >= 4 is 22.8 Å². The predicted octanol–water partition coefficient (Wildman–Crippen LogP) is 3.02. The van der Waals surface area contributed by atoms with Crippen molar-refractivity contribution in [1.82, 2.24) is 15.2 Å². The number of likely N-dealkylation sites (tertiary alicyclic amines) is 1. The lowest BCUT2D eigenvalue weighted by Crippen LogP contribution is -2.55. The van der Waals surface area contributed by atoms with E-state index in [1.807, 2.05) is 18.7 Å². The Morgan fingerprint density at radius 3 is 2.61 bits per heavy atom. The molecule has 150 valence electrons. The molecule has 0 saturated carbocycles. The summed E-state index contributed by atoms with van der Waals surface area (Å²) in [6.45, 7) is 6.05. The number of rotatable bonds is 4. The van der Waals surface area contributed by atoms with Gasteiger partial charge in [-0.05, 0) is 36.3 Å². The monoisotopic (exact) mass is 383 g/mol. The molecule has 1 aromatic heterocycles. The van der Waals surface area contributed by atoms with Gasteiger partial charge < -0.3 is 20.3 Å². The van der Waals surface area contributed by atoms with E-state index in [-0.39, 0.29) is 24.3 Å². The van der Waals surface area contributed by atoms with Crippen molar-refractivity contribution in [3.05, 3.63) is 35.5 Å². The zero-order chi connectivity index (χ0) is 19.9. The van der Waals surface area contributed by atoms with Gasteiger partial charge in [-0.2, -0.15) is 0 Å². The van der Waals surface area contributed by atoms with Crippen molar-refractivity contribution in [2.75, 3.05) is 19.6 Å². The first-order chi connectivity index (χ1) is 13.3. The van der Waals surface area contributed by atoms with Gasteiger partial charge in [0.25, 0.3) is 0 Å². The van der Waals surface area contributed by atoms with E-state index >= 15 is 0 Å². The van der Waals surface area contributed by atoms with Crippen LogP contribution in [-0.2, 0) is 21.5 Å². The lowest BCUT2D eigenvalue weighted by atomic mass is 9.79. The fraction of sp³-hybridized carbons (Fsp3) is 0.545. The van der Waals surface area contributed by atoms with Crippen LogP contribution in [0.2, 0.25) is 0 Å². The number of carbonyl (C=O) groups is 2. The Kier molecular flexibility index (Phi) is 4.70. The number of piperidine rings is 1. The molecule has 0 unspecified atom stereocenters. The first-order valence-electron chi connectivity index (χ1n) is 10.1. The van der Waals surface area contributed by atoms with E-state index in [2.05, 4.69) is 34.6 Å². The molecule has 2 aliphatic rings. The number of amides is 1. The summed E-state index contributed by atoms with van der Waals surface area (Å²) >= 11 is 0. The minimum Gasteiger partial charge on any atom is -0.481 e. The Morgan fingerprint density at radius 1 is 1.18 bits per heavy atom. The maximum atomic E-state index is 12.8. The molecule has 2 aromatic rings. The standard InChI is InChI=1S/C22H29N3O3/c1-21(2,14-19(27)28)13-18(26)25-11-8-22(9-12-25)20-16(7-10-23-22)15-5-3-4-6-17(15)24-20/h3-6,23-24H,7-14H2,1-2H3,(H,27,28). The Hall–Kier alpha value is -2.34. The van der Waals surface area contributed by atoms with Crippen LogP contribution in [0.25, 0.3) is 10.9 Å². The van der Waals surface area contributed by atoms with Gasteiger partial charge >= 0.3 is 5.97 Å². The van der Waals surface area contributed by atoms with Gasteiger partial charge in [0.1, 0.15) is 0 Å². The van der Waals surface area contributed by atoms with Gasteiger partial charge in [0.05, 0.1) is 12.0 Å². The summed E-state index contributed by atoms with van der Waals surface area (Å²) in [5, 5.41) is 14.1. The molecule has 3 heterocycles. The fourth-order valence-electron chi connectivity index (χ4n) is 4.94. The van der Waals surface area contributed by atoms with Crippen molar-refractivity contribution in [1.29, 1.82) is 0 Å². The number of aromatic nitrogens is 1. The van der Waals surface area contributed by atoms with Crippen molar-refractivity contribution in [2.45, 2.75) is 51.5 Å². The highest BCUT2D eigenvalue weighted by molar-refractivity contribution is 5.85.